The van der Waals surface area contributed by atoms with Gasteiger partial charge in [0.15, 0.2) is 0 Å². The molecule has 0 saturated carbocycles. The molecule has 0 aliphatic heterocycles. The molecule has 0 saturated heterocycles. The second-order valence-electron chi connectivity index (χ2n) is 4.98. The standard InChI is InChI=1S/C18H16F3NO2/c1-24-15-9-6-13(7-10-15)12-22-17(23)11-8-14-4-2-3-5-16(14)18(19,20)21/h2-11H,12H2,1H3,(H,22,23)/b11-8+. The molecular formula is C18H16F3NO2. The highest BCUT2D eigenvalue weighted by Gasteiger charge is 2.32. The Balaban J connectivity index is 1.98. The maximum Gasteiger partial charge on any atom is 0.416 e. The van der Waals surface area contributed by atoms with Crippen LogP contribution in [-0.2, 0) is 17.5 Å². The van der Waals surface area contributed by atoms with Crippen molar-refractivity contribution in [3.63, 3.8) is 0 Å². The van der Waals surface area contributed by atoms with Crippen LogP contribution in [0.5, 0.6) is 5.75 Å². The summed E-state index contributed by atoms with van der Waals surface area (Å²) >= 11 is 0. The van der Waals surface area contributed by atoms with E-state index in [9.17, 15) is 18.0 Å². The van der Waals surface area contributed by atoms with Gasteiger partial charge in [0.1, 0.15) is 5.75 Å². The van der Waals surface area contributed by atoms with E-state index in [4.69, 9.17) is 4.74 Å². The molecule has 0 unspecified atom stereocenters. The van der Waals surface area contributed by atoms with Crippen molar-refractivity contribution in [2.24, 2.45) is 0 Å². The summed E-state index contributed by atoms with van der Waals surface area (Å²) in [6.07, 6.45) is -2.21. The molecule has 0 bridgehead atoms. The number of alkyl halides is 3. The number of ether oxygens (including phenoxy) is 1. The van der Waals surface area contributed by atoms with Gasteiger partial charge in [-0.3, -0.25) is 4.79 Å². The Kier molecular flexibility index (Phi) is 5.63. The molecule has 2 aromatic rings. The van der Waals surface area contributed by atoms with Gasteiger partial charge in [-0.15, -0.1) is 0 Å². The van der Waals surface area contributed by atoms with Gasteiger partial charge >= 0.3 is 6.18 Å². The number of benzene rings is 2. The lowest BCUT2D eigenvalue weighted by Crippen LogP contribution is -2.20. The number of carbonyl (C=O) groups is 1. The monoisotopic (exact) mass is 335 g/mol. The van der Waals surface area contributed by atoms with Gasteiger partial charge in [-0.25, -0.2) is 0 Å². The number of rotatable bonds is 5. The Hall–Kier alpha value is -2.76. The van der Waals surface area contributed by atoms with Crippen LogP contribution in [0.4, 0.5) is 13.2 Å². The van der Waals surface area contributed by atoms with E-state index in [-0.39, 0.29) is 12.1 Å². The van der Waals surface area contributed by atoms with Gasteiger partial charge in [0, 0.05) is 12.6 Å². The number of amides is 1. The average molecular weight is 335 g/mol. The minimum Gasteiger partial charge on any atom is -0.497 e. The molecule has 6 heteroatoms. The van der Waals surface area contributed by atoms with Crippen LogP contribution in [0.15, 0.2) is 54.6 Å². The van der Waals surface area contributed by atoms with Crippen molar-refractivity contribution in [1.82, 2.24) is 5.32 Å². The van der Waals surface area contributed by atoms with E-state index in [0.29, 0.717) is 5.75 Å². The summed E-state index contributed by atoms with van der Waals surface area (Å²) < 4.78 is 43.6. The summed E-state index contributed by atoms with van der Waals surface area (Å²) in [5.41, 5.74) is 0.0297. The summed E-state index contributed by atoms with van der Waals surface area (Å²) in [5.74, 6) is 0.233. The molecule has 2 aromatic carbocycles. The average Bonchev–Trinajstić information content (AvgIpc) is 2.58. The third kappa shape index (κ3) is 4.87. The van der Waals surface area contributed by atoms with Gasteiger partial charge in [0.25, 0.3) is 0 Å². The molecule has 1 N–H and O–H groups in total. The first kappa shape index (κ1) is 17.6. The van der Waals surface area contributed by atoms with Crippen LogP contribution in [-0.4, -0.2) is 13.0 Å². The highest BCUT2D eigenvalue weighted by molar-refractivity contribution is 5.91. The van der Waals surface area contributed by atoms with Crippen molar-refractivity contribution >= 4 is 12.0 Å². The zero-order chi connectivity index (χ0) is 17.6. The molecule has 0 radical (unpaired) electrons. The quantitative estimate of drug-likeness (QED) is 0.838. The third-order valence-corrected chi connectivity index (χ3v) is 3.31. The minimum absolute atomic E-state index is 0.0513. The molecule has 3 nitrogen and oxygen atoms in total. The lowest BCUT2D eigenvalue weighted by molar-refractivity contribution is -0.137. The van der Waals surface area contributed by atoms with E-state index in [0.717, 1.165) is 23.8 Å². The number of carbonyl (C=O) groups excluding carboxylic acids is 1. The predicted octanol–water partition coefficient (Wildman–Crippen LogP) is 4.04. The Labute approximate surface area is 137 Å². The molecule has 0 heterocycles. The fraction of sp³-hybridized carbons (Fsp3) is 0.167. The highest BCUT2D eigenvalue weighted by Crippen LogP contribution is 2.32. The van der Waals surface area contributed by atoms with Crippen LogP contribution < -0.4 is 10.1 Å². The van der Waals surface area contributed by atoms with E-state index in [1.807, 2.05) is 0 Å². The normalized spacial score (nSPS) is 11.5. The van der Waals surface area contributed by atoms with E-state index in [1.54, 1.807) is 31.4 Å². The molecule has 0 aliphatic rings. The second kappa shape index (κ2) is 7.68. The first-order valence-electron chi connectivity index (χ1n) is 7.15. The molecule has 1 amide bonds. The molecule has 0 fully saturated rings. The van der Waals surface area contributed by atoms with Gasteiger partial charge < -0.3 is 10.1 Å². The first-order chi connectivity index (χ1) is 11.4. The van der Waals surface area contributed by atoms with Gasteiger partial charge in [0.2, 0.25) is 5.91 Å². The van der Waals surface area contributed by atoms with Crippen LogP contribution in [0.2, 0.25) is 0 Å². The lowest BCUT2D eigenvalue weighted by atomic mass is 10.1. The van der Waals surface area contributed by atoms with Crippen LogP contribution in [0.1, 0.15) is 16.7 Å². The van der Waals surface area contributed by atoms with Crippen LogP contribution in [0.25, 0.3) is 6.08 Å². The number of hydrogen-bond acceptors (Lipinski definition) is 2. The molecule has 126 valence electrons. The SMILES string of the molecule is COc1ccc(CNC(=O)/C=C/c2ccccc2C(F)(F)F)cc1. The summed E-state index contributed by atoms with van der Waals surface area (Å²) in [6, 6.07) is 12.2. The fourth-order valence-electron chi connectivity index (χ4n) is 2.06. The fourth-order valence-corrected chi connectivity index (χ4v) is 2.06. The summed E-state index contributed by atoms with van der Waals surface area (Å²) in [5, 5.41) is 2.62. The molecule has 0 atom stereocenters. The van der Waals surface area contributed by atoms with Crippen molar-refractivity contribution < 1.29 is 22.7 Å². The first-order valence-corrected chi connectivity index (χ1v) is 7.15. The topological polar surface area (TPSA) is 38.3 Å². The maximum atomic E-state index is 12.9. The van der Waals surface area contributed by atoms with Gasteiger partial charge in [-0.1, -0.05) is 30.3 Å². The lowest BCUT2D eigenvalue weighted by Gasteiger charge is -2.09. The van der Waals surface area contributed by atoms with E-state index in [2.05, 4.69) is 5.32 Å². The second-order valence-corrected chi connectivity index (χ2v) is 4.98. The van der Waals surface area contributed by atoms with Crippen molar-refractivity contribution in [3.05, 3.63) is 71.3 Å². The summed E-state index contributed by atoms with van der Waals surface area (Å²) in [6.45, 7) is 0.272. The van der Waals surface area contributed by atoms with Crippen molar-refractivity contribution in [3.8, 4) is 5.75 Å². The number of nitrogens with one attached hydrogen (secondary N) is 1. The zero-order valence-corrected chi connectivity index (χ0v) is 12.9. The molecular weight excluding hydrogens is 319 g/mol. The van der Waals surface area contributed by atoms with Gasteiger partial charge in [-0.05, 0) is 35.4 Å². The Morgan fingerprint density at radius 2 is 1.79 bits per heavy atom. The van der Waals surface area contributed by atoms with E-state index < -0.39 is 17.6 Å². The Morgan fingerprint density at radius 1 is 1.12 bits per heavy atom. The van der Waals surface area contributed by atoms with Crippen LogP contribution in [0, 0.1) is 0 Å². The van der Waals surface area contributed by atoms with Crippen molar-refractivity contribution in [2.75, 3.05) is 7.11 Å². The number of halogens is 3. The van der Waals surface area contributed by atoms with Crippen molar-refractivity contribution in [2.45, 2.75) is 12.7 Å². The minimum atomic E-state index is -4.46. The smallest absolute Gasteiger partial charge is 0.416 e. The van der Waals surface area contributed by atoms with Gasteiger partial charge in [0.05, 0.1) is 12.7 Å². The molecule has 2 rings (SSSR count). The predicted molar refractivity (Wildman–Crippen MR) is 85.3 cm³/mol. The van der Waals surface area contributed by atoms with E-state index in [1.165, 1.54) is 18.2 Å². The molecule has 0 spiro atoms. The van der Waals surface area contributed by atoms with Gasteiger partial charge in [-0.2, -0.15) is 13.2 Å². The zero-order valence-electron chi connectivity index (χ0n) is 12.9. The number of hydrogen-bond donors (Lipinski definition) is 1. The molecule has 0 aromatic heterocycles. The summed E-state index contributed by atoms with van der Waals surface area (Å²) in [4.78, 5) is 11.8. The Bertz CT molecular complexity index is 722. The largest absolute Gasteiger partial charge is 0.497 e. The number of methoxy groups -OCH3 is 1. The third-order valence-electron chi connectivity index (χ3n) is 3.31. The highest BCUT2D eigenvalue weighted by atomic mass is 19.4. The van der Waals surface area contributed by atoms with Crippen LogP contribution in [0.3, 0.4) is 0 Å². The Morgan fingerprint density at radius 3 is 2.42 bits per heavy atom. The molecule has 0 aliphatic carbocycles. The van der Waals surface area contributed by atoms with Crippen LogP contribution >= 0.6 is 0 Å². The summed E-state index contributed by atoms with van der Waals surface area (Å²) in [7, 11) is 1.56. The van der Waals surface area contributed by atoms with E-state index >= 15 is 0 Å². The van der Waals surface area contributed by atoms with Crippen molar-refractivity contribution in [1.29, 1.82) is 0 Å². The molecule has 24 heavy (non-hydrogen) atoms. The maximum absolute atomic E-state index is 12.9.